The van der Waals surface area contributed by atoms with E-state index in [4.69, 9.17) is 4.99 Å². The van der Waals surface area contributed by atoms with Crippen molar-refractivity contribution in [3.8, 4) is 0 Å². The molecule has 1 heterocycles. The van der Waals surface area contributed by atoms with Crippen molar-refractivity contribution in [1.29, 1.82) is 0 Å². The van der Waals surface area contributed by atoms with E-state index in [1.54, 1.807) is 0 Å². The first-order chi connectivity index (χ1) is 12.8. The normalized spacial score (nSPS) is 14.3. The van der Waals surface area contributed by atoms with Crippen molar-refractivity contribution in [1.82, 2.24) is 4.90 Å². The van der Waals surface area contributed by atoms with Gasteiger partial charge in [-0.3, -0.25) is 4.99 Å². The molecule has 3 heteroatoms. The summed E-state index contributed by atoms with van der Waals surface area (Å²) in [5, 5.41) is 11.9. The molecular formula is C23H22N2O. The van der Waals surface area contributed by atoms with E-state index in [2.05, 4.69) is 17.0 Å². The number of nitrogens with zero attached hydrogens (tertiary/aromatic N) is 2. The van der Waals surface area contributed by atoms with Crippen molar-refractivity contribution in [3.63, 3.8) is 0 Å². The van der Waals surface area contributed by atoms with E-state index in [9.17, 15) is 5.11 Å². The molecule has 3 aromatic rings. The van der Waals surface area contributed by atoms with Gasteiger partial charge in [0.05, 0.1) is 6.54 Å². The van der Waals surface area contributed by atoms with Crippen LogP contribution in [0.5, 0.6) is 0 Å². The standard InChI is InChI=1S/C23H22N2O/c26-23(20-12-6-2-7-13-20,21-14-8-3-9-15-21)22-24-16-17-25(22)18-19-10-4-1-5-11-19/h1-15,26H,16-18H2. The van der Waals surface area contributed by atoms with Crippen LogP contribution < -0.4 is 0 Å². The topological polar surface area (TPSA) is 35.8 Å². The number of aliphatic hydroxyl groups is 1. The van der Waals surface area contributed by atoms with Crippen molar-refractivity contribution in [2.75, 3.05) is 13.1 Å². The molecule has 3 aromatic carbocycles. The van der Waals surface area contributed by atoms with Gasteiger partial charge in [0.25, 0.3) is 0 Å². The number of hydrogen-bond donors (Lipinski definition) is 1. The van der Waals surface area contributed by atoms with Gasteiger partial charge in [0, 0.05) is 13.1 Å². The maximum atomic E-state index is 11.9. The highest BCUT2D eigenvalue weighted by Crippen LogP contribution is 2.34. The maximum Gasteiger partial charge on any atom is 0.172 e. The molecule has 0 saturated heterocycles. The van der Waals surface area contributed by atoms with Crippen molar-refractivity contribution in [2.45, 2.75) is 12.1 Å². The van der Waals surface area contributed by atoms with Crippen molar-refractivity contribution in [2.24, 2.45) is 4.99 Å². The molecule has 0 atom stereocenters. The number of hydrogen-bond acceptors (Lipinski definition) is 3. The van der Waals surface area contributed by atoms with Crippen LogP contribution in [0, 0.1) is 0 Å². The fourth-order valence-electron chi connectivity index (χ4n) is 3.57. The molecule has 26 heavy (non-hydrogen) atoms. The lowest BCUT2D eigenvalue weighted by atomic mass is 9.84. The Morgan fingerprint density at radius 2 is 1.27 bits per heavy atom. The van der Waals surface area contributed by atoms with Crippen LogP contribution in [0.25, 0.3) is 0 Å². The third kappa shape index (κ3) is 3.02. The summed E-state index contributed by atoms with van der Waals surface area (Å²) in [6, 6.07) is 30.0. The molecule has 3 nitrogen and oxygen atoms in total. The molecule has 0 bridgehead atoms. The lowest BCUT2D eigenvalue weighted by molar-refractivity contribution is 0.140. The molecular weight excluding hydrogens is 320 g/mol. The van der Waals surface area contributed by atoms with E-state index in [1.165, 1.54) is 5.56 Å². The Morgan fingerprint density at radius 1 is 0.769 bits per heavy atom. The second kappa shape index (κ2) is 7.14. The number of rotatable bonds is 5. The van der Waals surface area contributed by atoms with Gasteiger partial charge in [-0.1, -0.05) is 91.0 Å². The molecule has 1 N–H and O–H groups in total. The van der Waals surface area contributed by atoms with Crippen LogP contribution in [0.1, 0.15) is 16.7 Å². The fraction of sp³-hybridized carbons (Fsp3) is 0.174. The summed E-state index contributed by atoms with van der Waals surface area (Å²) >= 11 is 0. The van der Waals surface area contributed by atoms with Gasteiger partial charge in [-0.05, 0) is 16.7 Å². The van der Waals surface area contributed by atoms with E-state index in [0.717, 1.165) is 30.1 Å². The zero-order chi connectivity index (χ0) is 17.8. The summed E-state index contributed by atoms with van der Waals surface area (Å²) in [5.41, 5.74) is 1.63. The van der Waals surface area contributed by atoms with Crippen LogP contribution in [-0.2, 0) is 12.1 Å². The summed E-state index contributed by atoms with van der Waals surface area (Å²) in [5.74, 6) is 0.721. The SMILES string of the molecule is OC(C1=NCCN1Cc1ccccc1)(c1ccccc1)c1ccccc1. The maximum absolute atomic E-state index is 11.9. The highest BCUT2D eigenvalue weighted by molar-refractivity contribution is 5.95. The van der Waals surface area contributed by atoms with Gasteiger partial charge in [-0.15, -0.1) is 0 Å². The Morgan fingerprint density at radius 3 is 1.81 bits per heavy atom. The highest BCUT2D eigenvalue weighted by Gasteiger charge is 2.41. The smallest absolute Gasteiger partial charge is 0.172 e. The van der Waals surface area contributed by atoms with Crippen LogP contribution in [0.2, 0.25) is 0 Å². The second-order valence-corrected chi connectivity index (χ2v) is 6.55. The predicted molar refractivity (Wildman–Crippen MR) is 105 cm³/mol. The average Bonchev–Trinajstić information content (AvgIpc) is 3.18. The Hall–Kier alpha value is -2.91. The molecule has 4 rings (SSSR count). The molecule has 0 aromatic heterocycles. The summed E-state index contributed by atoms with van der Waals surface area (Å²) in [7, 11) is 0. The third-order valence-electron chi connectivity index (χ3n) is 4.85. The van der Waals surface area contributed by atoms with Crippen LogP contribution in [0.15, 0.2) is 96.0 Å². The van der Waals surface area contributed by atoms with E-state index in [1.807, 2.05) is 78.9 Å². The Kier molecular flexibility index (Phi) is 4.55. The van der Waals surface area contributed by atoms with Crippen molar-refractivity contribution < 1.29 is 5.11 Å². The number of amidine groups is 1. The van der Waals surface area contributed by atoms with Gasteiger partial charge in [-0.2, -0.15) is 0 Å². The van der Waals surface area contributed by atoms with Gasteiger partial charge in [0.1, 0.15) is 5.84 Å². The Bertz CT molecular complexity index is 836. The van der Waals surface area contributed by atoms with E-state index >= 15 is 0 Å². The van der Waals surface area contributed by atoms with Gasteiger partial charge in [-0.25, -0.2) is 0 Å². The van der Waals surface area contributed by atoms with Gasteiger partial charge in [0.15, 0.2) is 5.60 Å². The first kappa shape index (κ1) is 16.6. The molecule has 1 aliphatic rings. The van der Waals surface area contributed by atoms with Crippen LogP contribution in [-0.4, -0.2) is 28.9 Å². The van der Waals surface area contributed by atoms with Crippen molar-refractivity contribution in [3.05, 3.63) is 108 Å². The number of aliphatic imine (C=N–C) groups is 1. The minimum absolute atomic E-state index is 0.699. The Balaban J connectivity index is 1.76. The van der Waals surface area contributed by atoms with Crippen molar-refractivity contribution >= 4 is 5.84 Å². The molecule has 0 fully saturated rings. The quantitative estimate of drug-likeness (QED) is 0.765. The summed E-state index contributed by atoms with van der Waals surface area (Å²) < 4.78 is 0. The summed E-state index contributed by atoms with van der Waals surface area (Å²) in [6.07, 6.45) is 0. The molecule has 0 unspecified atom stereocenters. The Labute approximate surface area is 154 Å². The lowest BCUT2D eigenvalue weighted by Crippen LogP contribution is -2.45. The van der Waals surface area contributed by atoms with E-state index in [0.29, 0.717) is 6.54 Å². The molecule has 0 radical (unpaired) electrons. The predicted octanol–water partition coefficient (Wildman–Crippen LogP) is 3.84. The van der Waals surface area contributed by atoms with Gasteiger partial charge >= 0.3 is 0 Å². The molecule has 1 aliphatic heterocycles. The molecule has 0 spiro atoms. The average molecular weight is 342 g/mol. The number of benzene rings is 3. The van der Waals surface area contributed by atoms with Gasteiger partial charge in [0.2, 0.25) is 0 Å². The molecule has 130 valence electrons. The third-order valence-corrected chi connectivity index (χ3v) is 4.85. The minimum Gasteiger partial charge on any atom is -0.373 e. The van der Waals surface area contributed by atoms with Crippen LogP contribution >= 0.6 is 0 Å². The first-order valence-corrected chi connectivity index (χ1v) is 8.96. The van der Waals surface area contributed by atoms with Gasteiger partial charge < -0.3 is 10.0 Å². The zero-order valence-corrected chi connectivity index (χ0v) is 14.6. The second-order valence-electron chi connectivity index (χ2n) is 6.55. The first-order valence-electron chi connectivity index (χ1n) is 8.96. The van der Waals surface area contributed by atoms with Crippen LogP contribution in [0.3, 0.4) is 0 Å². The van der Waals surface area contributed by atoms with E-state index in [-0.39, 0.29) is 0 Å². The molecule has 0 saturated carbocycles. The minimum atomic E-state index is -1.26. The zero-order valence-electron chi connectivity index (χ0n) is 14.6. The summed E-state index contributed by atoms with van der Waals surface area (Å²) in [4.78, 5) is 6.92. The van der Waals surface area contributed by atoms with E-state index < -0.39 is 5.60 Å². The molecule has 0 aliphatic carbocycles. The summed E-state index contributed by atoms with van der Waals surface area (Å²) in [6.45, 7) is 2.25. The highest BCUT2D eigenvalue weighted by atomic mass is 16.3. The fourth-order valence-corrected chi connectivity index (χ4v) is 3.57. The lowest BCUT2D eigenvalue weighted by Gasteiger charge is -2.35. The largest absolute Gasteiger partial charge is 0.373 e. The molecule has 0 amide bonds. The van der Waals surface area contributed by atoms with Crippen LogP contribution in [0.4, 0.5) is 0 Å². The monoisotopic (exact) mass is 342 g/mol.